The molecule has 0 bridgehead atoms. The molecule has 0 aliphatic carbocycles. The van der Waals surface area contributed by atoms with Crippen LogP contribution in [0, 0.1) is 6.92 Å². The fourth-order valence-corrected chi connectivity index (χ4v) is 2.69. The molecule has 0 saturated heterocycles. The van der Waals surface area contributed by atoms with Gasteiger partial charge in [0, 0.05) is 18.8 Å². The second kappa shape index (κ2) is 9.59. The van der Waals surface area contributed by atoms with E-state index >= 15 is 0 Å². The fourth-order valence-electron chi connectivity index (χ4n) is 2.69. The van der Waals surface area contributed by atoms with Crippen molar-refractivity contribution in [3.63, 3.8) is 0 Å². The number of aliphatic hydroxyl groups excluding tert-OH is 1. The molecule has 0 saturated carbocycles. The number of rotatable bonds is 7. The molecule has 0 aromatic heterocycles. The van der Waals surface area contributed by atoms with Crippen LogP contribution in [0.2, 0.25) is 0 Å². The van der Waals surface area contributed by atoms with Crippen molar-refractivity contribution < 1.29 is 14.7 Å². The molecule has 25 heavy (non-hydrogen) atoms. The average molecular weight is 340 g/mol. The summed E-state index contributed by atoms with van der Waals surface area (Å²) >= 11 is 0. The minimum atomic E-state index is -0.673. The van der Waals surface area contributed by atoms with Gasteiger partial charge in [0.1, 0.15) is 0 Å². The lowest BCUT2D eigenvalue weighted by Gasteiger charge is -2.16. The van der Waals surface area contributed by atoms with Crippen LogP contribution in [0.4, 0.5) is 5.69 Å². The van der Waals surface area contributed by atoms with Crippen molar-refractivity contribution in [3.05, 3.63) is 65.7 Å². The van der Waals surface area contributed by atoms with Crippen molar-refractivity contribution in [2.45, 2.75) is 25.7 Å². The van der Waals surface area contributed by atoms with Gasteiger partial charge in [-0.15, -0.1) is 0 Å². The van der Waals surface area contributed by atoms with Crippen molar-refractivity contribution >= 4 is 17.5 Å². The first kappa shape index (κ1) is 18.7. The minimum Gasteiger partial charge on any atom is -0.396 e. The number of nitrogens with one attached hydrogen (secondary N) is 2. The van der Waals surface area contributed by atoms with E-state index in [1.807, 2.05) is 49.4 Å². The Bertz CT molecular complexity index is 701. The Kier molecular flexibility index (Phi) is 7.16. The quantitative estimate of drug-likeness (QED) is 0.678. The molecule has 132 valence electrons. The number of hydrogen-bond donors (Lipinski definition) is 3. The molecule has 5 heteroatoms. The van der Waals surface area contributed by atoms with Crippen LogP contribution in [0.15, 0.2) is 54.6 Å². The number of hydrogen-bond acceptors (Lipinski definition) is 3. The normalized spacial score (nSPS) is 11.6. The Morgan fingerprint density at radius 1 is 0.960 bits per heavy atom. The summed E-state index contributed by atoms with van der Waals surface area (Å²) < 4.78 is 0. The van der Waals surface area contributed by atoms with E-state index < -0.39 is 11.8 Å². The molecule has 0 aliphatic rings. The number of anilines is 1. The van der Waals surface area contributed by atoms with Gasteiger partial charge in [-0.3, -0.25) is 9.59 Å². The number of para-hydroxylation sites is 1. The van der Waals surface area contributed by atoms with Crippen molar-refractivity contribution in [3.8, 4) is 0 Å². The van der Waals surface area contributed by atoms with Crippen molar-refractivity contribution in [1.29, 1.82) is 0 Å². The molecule has 0 radical (unpaired) electrons. The molecule has 0 heterocycles. The lowest BCUT2D eigenvalue weighted by atomic mass is 9.93. The van der Waals surface area contributed by atoms with Gasteiger partial charge >= 0.3 is 11.8 Å². The lowest BCUT2D eigenvalue weighted by molar-refractivity contribution is -0.136. The molecule has 0 fully saturated rings. The number of benzene rings is 2. The number of carbonyl (C=O) groups is 2. The van der Waals surface area contributed by atoms with Gasteiger partial charge in [-0.2, -0.15) is 0 Å². The number of amides is 2. The molecule has 5 nitrogen and oxygen atoms in total. The maximum absolute atomic E-state index is 12.0. The Morgan fingerprint density at radius 3 is 2.32 bits per heavy atom. The van der Waals surface area contributed by atoms with Crippen LogP contribution in [-0.2, 0) is 9.59 Å². The van der Waals surface area contributed by atoms with Gasteiger partial charge in [-0.05, 0) is 42.9 Å². The van der Waals surface area contributed by atoms with Crippen LogP contribution >= 0.6 is 0 Å². The molecule has 0 spiro atoms. The van der Waals surface area contributed by atoms with E-state index in [4.69, 9.17) is 0 Å². The van der Waals surface area contributed by atoms with Crippen LogP contribution in [-0.4, -0.2) is 30.1 Å². The van der Waals surface area contributed by atoms with Crippen molar-refractivity contribution in [2.24, 2.45) is 0 Å². The number of aryl methyl sites for hydroxylation is 1. The van der Waals surface area contributed by atoms with E-state index in [0.717, 1.165) is 11.1 Å². The highest BCUT2D eigenvalue weighted by Gasteiger charge is 2.16. The van der Waals surface area contributed by atoms with Gasteiger partial charge in [-0.1, -0.05) is 48.5 Å². The molecular weight excluding hydrogens is 316 g/mol. The highest BCUT2D eigenvalue weighted by Crippen LogP contribution is 2.22. The maximum atomic E-state index is 12.0. The average Bonchev–Trinajstić information content (AvgIpc) is 2.63. The third-order valence-corrected chi connectivity index (χ3v) is 4.13. The summed E-state index contributed by atoms with van der Waals surface area (Å²) in [7, 11) is 0. The molecular formula is C20H24N2O3. The van der Waals surface area contributed by atoms with Crippen LogP contribution in [0.5, 0.6) is 0 Å². The van der Waals surface area contributed by atoms with Gasteiger partial charge in [0.15, 0.2) is 0 Å². The Hall–Kier alpha value is -2.66. The zero-order valence-corrected chi connectivity index (χ0v) is 14.4. The summed E-state index contributed by atoms with van der Waals surface area (Å²) in [6.45, 7) is 2.33. The van der Waals surface area contributed by atoms with E-state index in [9.17, 15) is 14.7 Å². The highest BCUT2D eigenvalue weighted by molar-refractivity contribution is 6.39. The topological polar surface area (TPSA) is 78.4 Å². The van der Waals surface area contributed by atoms with Crippen molar-refractivity contribution in [1.82, 2.24) is 5.32 Å². The SMILES string of the molecule is Cc1ccccc1NC(=O)C(=O)NCCC(CCO)c1ccccc1. The molecule has 3 N–H and O–H groups in total. The van der Waals surface area contributed by atoms with E-state index in [1.54, 1.807) is 12.1 Å². The largest absolute Gasteiger partial charge is 0.396 e. The summed E-state index contributed by atoms with van der Waals surface area (Å²) in [5, 5.41) is 14.5. The van der Waals surface area contributed by atoms with E-state index in [0.29, 0.717) is 25.1 Å². The van der Waals surface area contributed by atoms with Crippen LogP contribution in [0.1, 0.15) is 29.9 Å². The number of carbonyl (C=O) groups excluding carboxylic acids is 2. The Balaban J connectivity index is 1.84. The smallest absolute Gasteiger partial charge is 0.313 e. The Labute approximate surface area is 148 Å². The molecule has 1 atom stereocenters. The summed E-state index contributed by atoms with van der Waals surface area (Å²) in [6.07, 6.45) is 1.28. The summed E-state index contributed by atoms with van der Waals surface area (Å²) in [4.78, 5) is 23.9. The highest BCUT2D eigenvalue weighted by atomic mass is 16.3. The summed E-state index contributed by atoms with van der Waals surface area (Å²) in [5.41, 5.74) is 2.65. The summed E-state index contributed by atoms with van der Waals surface area (Å²) in [6, 6.07) is 17.2. The van der Waals surface area contributed by atoms with E-state index in [-0.39, 0.29) is 12.5 Å². The molecule has 2 amide bonds. The molecule has 2 aromatic rings. The standard InChI is InChI=1S/C20H24N2O3/c1-15-7-5-6-10-18(15)22-20(25)19(24)21-13-11-17(12-14-23)16-8-3-2-4-9-16/h2-10,17,23H,11-14H2,1H3,(H,21,24)(H,22,25). The van der Waals surface area contributed by atoms with E-state index in [1.165, 1.54) is 0 Å². The number of aliphatic hydroxyl groups is 1. The van der Waals surface area contributed by atoms with Crippen LogP contribution < -0.4 is 10.6 Å². The Morgan fingerprint density at radius 2 is 1.64 bits per heavy atom. The van der Waals surface area contributed by atoms with E-state index in [2.05, 4.69) is 10.6 Å². The molecule has 0 aliphatic heterocycles. The first-order valence-corrected chi connectivity index (χ1v) is 8.42. The molecule has 1 unspecified atom stereocenters. The maximum Gasteiger partial charge on any atom is 0.313 e. The third kappa shape index (κ3) is 5.72. The monoisotopic (exact) mass is 340 g/mol. The first-order chi connectivity index (χ1) is 12.1. The van der Waals surface area contributed by atoms with Crippen LogP contribution in [0.25, 0.3) is 0 Å². The molecule has 2 rings (SSSR count). The second-order valence-corrected chi connectivity index (χ2v) is 5.93. The fraction of sp³-hybridized carbons (Fsp3) is 0.300. The predicted octanol–water partition coefficient (Wildman–Crippen LogP) is 2.61. The first-order valence-electron chi connectivity index (χ1n) is 8.42. The van der Waals surface area contributed by atoms with Crippen LogP contribution in [0.3, 0.4) is 0 Å². The second-order valence-electron chi connectivity index (χ2n) is 5.93. The minimum absolute atomic E-state index is 0.0846. The molecule has 2 aromatic carbocycles. The van der Waals surface area contributed by atoms with Gasteiger partial charge in [-0.25, -0.2) is 0 Å². The van der Waals surface area contributed by atoms with Gasteiger partial charge < -0.3 is 15.7 Å². The van der Waals surface area contributed by atoms with Gasteiger partial charge in [0.25, 0.3) is 0 Å². The predicted molar refractivity (Wildman–Crippen MR) is 98.3 cm³/mol. The zero-order valence-electron chi connectivity index (χ0n) is 14.4. The lowest BCUT2D eigenvalue weighted by Crippen LogP contribution is -2.36. The summed E-state index contributed by atoms with van der Waals surface area (Å²) in [5.74, 6) is -1.18. The third-order valence-electron chi connectivity index (χ3n) is 4.13. The van der Waals surface area contributed by atoms with Gasteiger partial charge in [0.2, 0.25) is 0 Å². The van der Waals surface area contributed by atoms with Crippen molar-refractivity contribution in [2.75, 3.05) is 18.5 Å². The van der Waals surface area contributed by atoms with Gasteiger partial charge in [0.05, 0.1) is 0 Å². The zero-order chi connectivity index (χ0) is 18.1.